The van der Waals surface area contributed by atoms with Gasteiger partial charge in [-0.1, -0.05) is 35.9 Å². The Morgan fingerprint density at radius 1 is 1.12 bits per heavy atom. The number of aryl methyl sites for hydroxylation is 2. The molecule has 33 heavy (non-hydrogen) atoms. The zero-order valence-corrected chi connectivity index (χ0v) is 19.7. The largest absolute Gasteiger partial charge is 0.482 e. The van der Waals surface area contributed by atoms with Crippen molar-refractivity contribution in [2.45, 2.75) is 20.4 Å². The molecule has 168 valence electrons. The van der Waals surface area contributed by atoms with Gasteiger partial charge >= 0.3 is 0 Å². The van der Waals surface area contributed by atoms with Gasteiger partial charge < -0.3 is 15.0 Å². The summed E-state index contributed by atoms with van der Waals surface area (Å²) in [4.78, 5) is 26.6. The number of ether oxygens (including phenoxy) is 1. The van der Waals surface area contributed by atoms with Gasteiger partial charge in [0, 0.05) is 16.9 Å². The van der Waals surface area contributed by atoms with E-state index in [1.54, 1.807) is 23.1 Å². The number of thiocarbonyl (C=S) groups is 1. The van der Waals surface area contributed by atoms with Crippen LogP contribution in [0.2, 0.25) is 5.02 Å². The predicted molar refractivity (Wildman–Crippen MR) is 134 cm³/mol. The van der Waals surface area contributed by atoms with E-state index in [1.807, 2.05) is 56.3 Å². The van der Waals surface area contributed by atoms with Crippen molar-refractivity contribution in [3.05, 3.63) is 87.9 Å². The Morgan fingerprint density at radius 3 is 2.55 bits per heavy atom. The van der Waals surface area contributed by atoms with Gasteiger partial charge in [0.15, 0.2) is 11.7 Å². The first-order valence-electron chi connectivity index (χ1n) is 10.3. The molecule has 0 saturated carbocycles. The van der Waals surface area contributed by atoms with Gasteiger partial charge in [0.05, 0.1) is 11.6 Å². The third kappa shape index (κ3) is 5.16. The maximum Gasteiger partial charge on any atom is 0.264 e. The van der Waals surface area contributed by atoms with Gasteiger partial charge in [0.25, 0.3) is 11.8 Å². The second-order valence-corrected chi connectivity index (χ2v) is 8.59. The van der Waals surface area contributed by atoms with Crippen molar-refractivity contribution in [1.82, 2.24) is 5.32 Å². The highest BCUT2D eigenvalue weighted by molar-refractivity contribution is 7.80. The van der Waals surface area contributed by atoms with Crippen LogP contribution in [-0.4, -0.2) is 23.5 Å². The fraction of sp³-hybridized carbons (Fsp3) is 0.160. The molecular weight excluding hydrogens is 458 g/mol. The summed E-state index contributed by atoms with van der Waals surface area (Å²) >= 11 is 11.4. The fourth-order valence-electron chi connectivity index (χ4n) is 3.74. The van der Waals surface area contributed by atoms with E-state index in [0.29, 0.717) is 23.0 Å². The third-order valence-electron chi connectivity index (χ3n) is 5.23. The van der Waals surface area contributed by atoms with Gasteiger partial charge in [-0.05, 0) is 79.2 Å². The number of nitrogens with zero attached hydrogens (tertiary/aromatic N) is 1. The summed E-state index contributed by atoms with van der Waals surface area (Å²) in [5.74, 6) is 0.0593. The van der Waals surface area contributed by atoms with Crippen LogP contribution in [0.1, 0.15) is 27.0 Å². The summed E-state index contributed by atoms with van der Waals surface area (Å²) in [6.07, 6.45) is 0. The van der Waals surface area contributed by atoms with Crippen LogP contribution in [0.4, 0.5) is 11.4 Å². The first kappa shape index (κ1) is 22.8. The second kappa shape index (κ2) is 9.60. The number of rotatable bonds is 5. The number of nitrogens with one attached hydrogen (secondary N) is 2. The lowest BCUT2D eigenvalue weighted by Gasteiger charge is -2.17. The predicted octanol–water partition coefficient (Wildman–Crippen LogP) is 5.01. The van der Waals surface area contributed by atoms with Gasteiger partial charge in [-0.3, -0.25) is 14.9 Å². The molecular formula is C25H22ClN3O3S. The van der Waals surface area contributed by atoms with Crippen molar-refractivity contribution in [3.8, 4) is 5.75 Å². The molecule has 0 atom stereocenters. The Labute approximate surface area is 202 Å². The average Bonchev–Trinajstić information content (AvgIpc) is 3.10. The molecule has 0 unspecified atom stereocenters. The standard InChI is InChI=1S/C25H22ClN3O3S/c1-15-11-16(2)23(21(26)12-15)32-14-22(30)28-25(33)27-18-7-9-19(10-8-18)29-13-17-5-3-4-6-20(17)24(29)31/h3-12H,13-14H2,1-2H3,(H2,27,28,30,33). The minimum atomic E-state index is -0.402. The quantitative estimate of drug-likeness (QED) is 0.503. The highest BCUT2D eigenvalue weighted by atomic mass is 35.5. The van der Waals surface area contributed by atoms with Crippen molar-refractivity contribution < 1.29 is 14.3 Å². The van der Waals surface area contributed by atoms with Crippen molar-refractivity contribution in [1.29, 1.82) is 0 Å². The molecule has 0 radical (unpaired) electrons. The Hall–Kier alpha value is -3.42. The molecule has 1 aliphatic rings. The summed E-state index contributed by atoms with van der Waals surface area (Å²) in [7, 11) is 0. The first-order valence-corrected chi connectivity index (χ1v) is 11.1. The number of carbonyl (C=O) groups excluding carboxylic acids is 2. The number of benzene rings is 3. The van der Waals surface area contributed by atoms with Gasteiger partial charge in [-0.15, -0.1) is 0 Å². The molecule has 0 bridgehead atoms. The zero-order valence-electron chi connectivity index (χ0n) is 18.1. The molecule has 0 saturated heterocycles. The minimum Gasteiger partial charge on any atom is -0.482 e. The lowest BCUT2D eigenvalue weighted by molar-refractivity contribution is -0.121. The number of hydrogen-bond acceptors (Lipinski definition) is 4. The maximum absolute atomic E-state index is 12.6. The highest BCUT2D eigenvalue weighted by Gasteiger charge is 2.27. The van der Waals surface area contributed by atoms with Crippen LogP contribution in [0.5, 0.6) is 5.75 Å². The maximum atomic E-state index is 12.6. The van der Waals surface area contributed by atoms with E-state index in [9.17, 15) is 9.59 Å². The molecule has 3 aromatic carbocycles. The van der Waals surface area contributed by atoms with E-state index in [4.69, 9.17) is 28.6 Å². The molecule has 0 aliphatic carbocycles. The molecule has 8 heteroatoms. The Bertz CT molecular complexity index is 1220. The highest BCUT2D eigenvalue weighted by Crippen LogP contribution is 2.30. The lowest BCUT2D eigenvalue weighted by atomic mass is 10.1. The van der Waals surface area contributed by atoms with E-state index in [2.05, 4.69) is 10.6 Å². The monoisotopic (exact) mass is 479 g/mol. The van der Waals surface area contributed by atoms with Gasteiger partial charge in [0.1, 0.15) is 5.75 Å². The van der Waals surface area contributed by atoms with E-state index in [1.165, 1.54) is 0 Å². The van der Waals surface area contributed by atoms with E-state index < -0.39 is 5.91 Å². The second-order valence-electron chi connectivity index (χ2n) is 7.78. The molecule has 0 fully saturated rings. The normalized spacial score (nSPS) is 12.3. The van der Waals surface area contributed by atoms with Crippen LogP contribution in [0.15, 0.2) is 60.7 Å². The summed E-state index contributed by atoms with van der Waals surface area (Å²) < 4.78 is 5.58. The van der Waals surface area contributed by atoms with Crippen molar-refractivity contribution in [3.63, 3.8) is 0 Å². The van der Waals surface area contributed by atoms with Crippen molar-refractivity contribution >= 4 is 52.1 Å². The number of anilines is 2. The Balaban J connectivity index is 1.30. The van der Waals surface area contributed by atoms with Crippen LogP contribution < -0.4 is 20.3 Å². The summed E-state index contributed by atoms with van der Waals surface area (Å²) in [6.45, 7) is 4.13. The number of amides is 2. The molecule has 0 spiro atoms. The molecule has 4 rings (SSSR count). The zero-order chi connectivity index (χ0) is 23.5. The summed E-state index contributed by atoms with van der Waals surface area (Å²) in [5, 5.41) is 6.15. The van der Waals surface area contributed by atoms with E-state index in [0.717, 1.165) is 27.9 Å². The van der Waals surface area contributed by atoms with E-state index in [-0.39, 0.29) is 17.6 Å². The number of halogens is 1. The van der Waals surface area contributed by atoms with Crippen molar-refractivity contribution in [2.75, 3.05) is 16.8 Å². The van der Waals surface area contributed by atoms with E-state index >= 15 is 0 Å². The Kier molecular flexibility index (Phi) is 6.62. The molecule has 3 aromatic rings. The van der Waals surface area contributed by atoms with Crippen LogP contribution in [0, 0.1) is 13.8 Å². The lowest BCUT2D eigenvalue weighted by Crippen LogP contribution is -2.37. The average molecular weight is 480 g/mol. The summed E-state index contributed by atoms with van der Waals surface area (Å²) in [6, 6.07) is 18.6. The molecule has 2 N–H and O–H groups in total. The summed E-state index contributed by atoms with van der Waals surface area (Å²) in [5.41, 5.74) is 5.09. The van der Waals surface area contributed by atoms with Gasteiger partial charge in [-0.2, -0.15) is 0 Å². The molecule has 0 aromatic heterocycles. The Morgan fingerprint density at radius 2 is 1.85 bits per heavy atom. The van der Waals surface area contributed by atoms with Crippen LogP contribution >= 0.6 is 23.8 Å². The van der Waals surface area contributed by atoms with Gasteiger partial charge in [-0.25, -0.2) is 0 Å². The molecule has 2 amide bonds. The number of fused-ring (bicyclic) bond motifs is 1. The molecule has 1 aliphatic heterocycles. The topological polar surface area (TPSA) is 70.7 Å². The molecule has 1 heterocycles. The minimum absolute atomic E-state index is 0.0157. The van der Waals surface area contributed by atoms with Gasteiger partial charge in [0.2, 0.25) is 0 Å². The van der Waals surface area contributed by atoms with Crippen molar-refractivity contribution in [2.24, 2.45) is 0 Å². The van der Waals surface area contributed by atoms with Crippen LogP contribution in [0.25, 0.3) is 0 Å². The SMILES string of the molecule is Cc1cc(C)c(OCC(=O)NC(=S)Nc2ccc(N3Cc4ccccc4C3=O)cc2)c(Cl)c1. The smallest absolute Gasteiger partial charge is 0.264 e. The number of carbonyl (C=O) groups is 2. The molecule has 6 nitrogen and oxygen atoms in total. The fourth-order valence-corrected chi connectivity index (χ4v) is 4.34. The third-order valence-corrected chi connectivity index (χ3v) is 5.72. The van der Waals surface area contributed by atoms with Crippen LogP contribution in [-0.2, 0) is 11.3 Å². The number of hydrogen-bond donors (Lipinski definition) is 2. The van der Waals surface area contributed by atoms with Crippen LogP contribution in [0.3, 0.4) is 0 Å². The first-order chi connectivity index (χ1) is 15.8.